The highest BCUT2D eigenvalue weighted by molar-refractivity contribution is 7.07. The van der Waals surface area contributed by atoms with Gasteiger partial charge in [0, 0.05) is 19.7 Å². The van der Waals surface area contributed by atoms with Gasteiger partial charge in [-0.1, -0.05) is 24.3 Å². The normalized spacial score (nSPS) is 16.1. The average molecular weight is 330 g/mol. The van der Waals surface area contributed by atoms with E-state index in [4.69, 9.17) is 5.11 Å². The van der Waals surface area contributed by atoms with Crippen molar-refractivity contribution in [3.8, 4) is 0 Å². The molecular formula is C18H22N2O2S. The topological polar surface area (TPSA) is 52.6 Å². The van der Waals surface area contributed by atoms with Crippen molar-refractivity contribution in [2.24, 2.45) is 0 Å². The third-order valence-electron chi connectivity index (χ3n) is 4.32. The van der Waals surface area contributed by atoms with E-state index in [1.54, 1.807) is 11.3 Å². The lowest BCUT2D eigenvalue weighted by atomic mass is 10.1. The summed E-state index contributed by atoms with van der Waals surface area (Å²) in [5.74, 6) is 0. The van der Waals surface area contributed by atoms with Gasteiger partial charge in [-0.25, -0.2) is 4.79 Å². The van der Waals surface area contributed by atoms with E-state index in [-0.39, 0.29) is 18.7 Å². The molecule has 0 aliphatic heterocycles. The number of hydrogen-bond donors (Lipinski definition) is 2. The number of rotatable bonds is 6. The summed E-state index contributed by atoms with van der Waals surface area (Å²) in [5.41, 5.74) is 3.70. The summed E-state index contributed by atoms with van der Waals surface area (Å²) in [5, 5.41) is 16.2. The number of carbonyl (C=O) groups excluding carboxylic acids is 1. The first-order valence-electron chi connectivity index (χ1n) is 8.04. The van der Waals surface area contributed by atoms with Gasteiger partial charge in [0.1, 0.15) is 0 Å². The second-order valence-corrected chi connectivity index (χ2v) is 6.59. The second kappa shape index (κ2) is 7.62. The van der Waals surface area contributed by atoms with Crippen LogP contribution in [0.5, 0.6) is 0 Å². The minimum absolute atomic E-state index is 0.0497. The number of fused-ring (bicyclic) bond motifs is 1. The van der Waals surface area contributed by atoms with Crippen molar-refractivity contribution in [1.82, 2.24) is 10.2 Å². The number of urea groups is 1. The van der Waals surface area contributed by atoms with Crippen LogP contribution in [0.15, 0.2) is 41.1 Å². The predicted octanol–water partition coefficient (Wildman–Crippen LogP) is 3.33. The first kappa shape index (κ1) is 16.0. The van der Waals surface area contributed by atoms with Crippen molar-refractivity contribution in [3.63, 3.8) is 0 Å². The zero-order valence-electron chi connectivity index (χ0n) is 13.1. The molecule has 0 saturated carbocycles. The molecule has 2 amide bonds. The summed E-state index contributed by atoms with van der Waals surface area (Å²) in [6.07, 6.45) is 2.56. The Labute approximate surface area is 140 Å². The van der Waals surface area contributed by atoms with Crippen molar-refractivity contribution in [2.75, 3.05) is 13.2 Å². The highest BCUT2D eigenvalue weighted by atomic mass is 32.1. The van der Waals surface area contributed by atoms with Crippen LogP contribution < -0.4 is 5.32 Å². The van der Waals surface area contributed by atoms with Gasteiger partial charge in [-0.2, -0.15) is 11.3 Å². The van der Waals surface area contributed by atoms with Crippen LogP contribution in [0.25, 0.3) is 0 Å². The summed E-state index contributed by atoms with van der Waals surface area (Å²) >= 11 is 1.63. The van der Waals surface area contributed by atoms with E-state index in [1.165, 1.54) is 11.1 Å². The molecule has 1 heterocycles. The van der Waals surface area contributed by atoms with Crippen LogP contribution in [0.2, 0.25) is 0 Å². The molecule has 0 bridgehead atoms. The molecule has 0 spiro atoms. The fourth-order valence-corrected chi connectivity index (χ4v) is 3.84. The van der Waals surface area contributed by atoms with Crippen molar-refractivity contribution in [3.05, 3.63) is 57.8 Å². The number of aliphatic hydroxyl groups is 1. The van der Waals surface area contributed by atoms with Gasteiger partial charge in [-0.15, -0.1) is 0 Å². The van der Waals surface area contributed by atoms with Crippen LogP contribution in [-0.2, 0) is 13.0 Å². The Morgan fingerprint density at radius 2 is 2.22 bits per heavy atom. The number of amides is 2. The van der Waals surface area contributed by atoms with Crippen molar-refractivity contribution in [1.29, 1.82) is 0 Å². The highest BCUT2D eigenvalue weighted by Gasteiger charge is 2.30. The molecule has 1 aliphatic rings. The summed E-state index contributed by atoms with van der Waals surface area (Å²) < 4.78 is 0. The van der Waals surface area contributed by atoms with E-state index in [2.05, 4.69) is 23.5 Å². The largest absolute Gasteiger partial charge is 0.396 e. The van der Waals surface area contributed by atoms with Gasteiger partial charge in [-0.3, -0.25) is 0 Å². The molecule has 5 heteroatoms. The van der Waals surface area contributed by atoms with Gasteiger partial charge in [-0.05, 0) is 52.8 Å². The molecule has 122 valence electrons. The van der Waals surface area contributed by atoms with E-state index in [9.17, 15) is 4.79 Å². The van der Waals surface area contributed by atoms with E-state index < -0.39 is 0 Å². The molecule has 2 aromatic rings. The zero-order chi connectivity index (χ0) is 16.1. The van der Waals surface area contributed by atoms with E-state index in [0.717, 1.165) is 18.4 Å². The summed E-state index contributed by atoms with van der Waals surface area (Å²) in [4.78, 5) is 14.6. The van der Waals surface area contributed by atoms with Crippen LogP contribution in [0.4, 0.5) is 4.79 Å². The lowest BCUT2D eigenvalue weighted by Gasteiger charge is -2.30. The van der Waals surface area contributed by atoms with Crippen molar-refractivity contribution in [2.45, 2.75) is 31.8 Å². The molecule has 1 aliphatic carbocycles. The molecular weight excluding hydrogens is 308 g/mol. The van der Waals surface area contributed by atoms with E-state index >= 15 is 0 Å². The molecule has 0 radical (unpaired) electrons. The monoisotopic (exact) mass is 330 g/mol. The number of aryl methyl sites for hydroxylation is 1. The quantitative estimate of drug-likeness (QED) is 0.853. The maximum absolute atomic E-state index is 12.7. The maximum atomic E-state index is 12.7. The van der Waals surface area contributed by atoms with Gasteiger partial charge in [0.2, 0.25) is 0 Å². The number of nitrogens with one attached hydrogen (secondary N) is 1. The summed E-state index contributed by atoms with van der Waals surface area (Å²) in [7, 11) is 0. The first-order valence-corrected chi connectivity index (χ1v) is 8.98. The van der Waals surface area contributed by atoms with Crippen LogP contribution in [-0.4, -0.2) is 29.2 Å². The van der Waals surface area contributed by atoms with E-state index in [0.29, 0.717) is 19.5 Å². The van der Waals surface area contributed by atoms with Crippen LogP contribution >= 0.6 is 11.3 Å². The third-order valence-corrected chi connectivity index (χ3v) is 5.05. The van der Waals surface area contributed by atoms with Gasteiger partial charge < -0.3 is 15.3 Å². The molecule has 1 unspecified atom stereocenters. The highest BCUT2D eigenvalue weighted by Crippen LogP contribution is 2.35. The molecule has 23 heavy (non-hydrogen) atoms. The van der Waals surface area contributed by atoms with E-state index in [1.807, 2.05) is 27.8 Å². The number of benzene rings is 1. The molecule has 1 aromatic heterocycles. The summed E-state index contributed by atoms with van der Waals surface area (Å²) in [6.45, 7) is 1.22. The number of hydrogen-bond acceptors (Lipinski definition) is 3. The maximum Gasteiger partial charge on any atom is 0.318 e. The van der Waals surface area contributed by atoms with Crippen LogP contribution in [0.1, 0.15) is 35.6 Å². The Bertz CT molecular complexity index is 642. The Morgan fingerprint density at radius 3 is 3.00 bits per heavy atom. The number of aliphatic hydroxyl groups excluding tert-OH is 1. The first-order chi connectivity index (χ1) is 11.3. The third kappa shape index (κ3) is 3.74. The zero-order valence-corrected chi connectivity index (χ0v) is 13.9. The van der Waals surface area contributed by atoms with Crippen molar-refractivity contribution >= 4 is 17.4 Å². The molecule has 2 N–H and O–H groups in total. The Morgan fingerprint density at radius 1 is 1.35 bits per heavy atom. The number of carbonyl (C=O) groups is 1. The minimum Gasteiger partial charge on any atom is -0.396 e. The number of nitrogens with zero attached hydrogens (tertiary/aromatic N) is 1. The Balaban J connectivity index is 1.71. The Hall–Kier alpha value is -1.85. The minimum atomic E-state index is -0.0497. The molecule has 0 saturated heterocycles. The van der Waals surface area contributed by atoms with Crippen LogP contribution in [0.3, 0.4) is 0 Å². The molecule has 0 fully saturated rings. The fourth-order valence-electron chi connectivity index (χ4n) is 3.17. The predicted molar refractivity (Wildman–Crippen MR) is 92.5 cm³/mol. The van der Waals surface area contributed by atoms with Gasteiger partial charge in [0.15, 0.2) is 0 Å². The standard InChI is InChI=1S/C18H22N2O2S/c21-10-3-9-20(18(22)19-12-14-8-11-23-13-14)17-7-6-15-4-1-2-5-16(15)17/h1-2,4-5,8,11,13,17,21H,3,6-7,9-10,12H2,(H,19,22). The molecule has 3 rings (SSSR count). The number of thiophene rings is 1. The summed E-state index contributed by atoms with van der Waals surface area (Å²) in [6, 6.07) is 10.4. The Kier molecular flexibility index (Phi) is 5.31. The van der Waals surface area contributed by atoms with Crippen LogP contribution in [0, 0.1) is 0 Å². The smallest absolute Gasteiger partial charge is 0.318 e. The lowest BCUT2D eigenvalue weighted by molar-refractivity contribution is 0.164. The second-order valence-electron chi connectivity index (χ2n) is 5.81. The molecule has 4 nitrogen and oxygen atoms in total. The lowest BCUT2D eigenvalue weighted by Crippen LogP contribution is -2.42. The van der Waals surface area contributed by atoms with Gasteiger partial charge >= 0.3 is 6.03 Å². The van der Waals surface area contributed by atoms with Crippen molar-refractivity contribution < 1.29 is 9.90 Å². The van der Waals surface area contributed by atoms with Gasteiger partial charge in [0.05, 0.1) is 6.04 Å². The average Bonchev–Trinajstić information content (AvgIpc) is 3.23. The molecule has 1 aromatic carbocycles. The molecule has 1 atom stereocenters. The SMILES string of the molecule is O=C(NCc1ccsc1)N(CCCO)C1CCc2ccccc21. The van der Waals surface area contributed by atoms with Gasteiger partial charge in [0.25, 0.3) is 0 Å². The fraction of sp³-hybridized carbons (Fsp3) is 0.389.